The van der Waals surface area contributed by atoms with Gasteiger partial charge in [0.1, 0.15) is 5.82 Å². The number of hydrogen-bond donors (Lipinski definition) is 0. The number of hydrogen-bond acceptors (Lipinski definition) is 3. The highest BCUT2D eigenvalue weighted by atomic mass is 35.5. The predicted octanol–water partition coefficient (Wildman–Crippen LogP) is 3.64. The maximum atomic E-state index is 13.4. The van der Waals surface area contributed by atoms with Crippen LogP contribution in [0.3, 0.4) is 0 Å². The SMILES string of the molecule is Cn1c(=O)n(Cc2cccnc2)c2cc(-c3ccc(F)c(Cl)c3)cnc21. The molecule has 0 aliphatic heterocycles. The fourth-order valence-corrected chi connectivity index (χ4v) is 3.12. The second kappa shape index (κ2) is 6.38. The average Bonchev–Trinajstić information content (AvgIpc) is 2.89. The second-order valence-electron chi connectivity index (χ2n) is 5.98. The Labute approximate surface area is 153 Å². The molecule has 26 heavy (non-hydrogen) atoms. The molecular formula is C19H14ClFN4O. The topological polar surface area (TPSA) is 52.7 Å². The highest BCUT2D eigenvalue weighted by Crippen LogP contribution is 2.26. The molecule has 130 valence electrons. The van der Waals surface area contributed by atoms with Gasteiger partial charge in [0, 0.05) is 31.2 Å². The van der Waals surface area contributed by atoms with Crippen molar-refractivity contribution in [3.63, 3.8) is 0 Å². The van der Waals surface area contributed by atoms with Crippen molar-refractivity contribution in [1.82, 2.24) is 19.1 Å². The number of halogens is 2. The lowest BCUT2D eigenvalue weighted by Gasteiger charge is -2.06. The van der Waals surface area contributed by atoms with Crippen LogP contribution in [0.2, 0.25) is 5.02 Å². The normalized spacial score (nSPS) is 11.2. The summed E-state index contributed by atoms with van der Waals surface area (Å²) < 4.78 is 16.6. The van der Waals surface area contributed by atoms with Crippen molar-refractivity contribution in [2.24, 2.45) is 7.05 Å². The van der Waals surface area contributed by atoms with Crippen molar-refractivity contribution in [2.75, 3.05) is 0 Å². The number of benzene rings is 1. The molecule has 0 fully saturated rings. The van der Waals surface area contributed by atoms with Gasteiger partial charge in [0.05, 0.1) is 17.1 Å². The Morgan fingerprint density at radius 3 is 2.73 bits per heavy atom. The molecule has 0 atom stereocenters. The molecule has 4 aromatic rings. The number of pyridine rings is 2. The third-order valence-corrected chi connectivity index (χ3v) is 4.58. The molecule has 0 aliphatic rings. The summed E-state index contributed by atoms with van der Waals surface area (Å²) in [6, 6.07) is 10.1. The van der Waals surface area contributed by atoms with Crippen LogP contribution in [0.5, 0.6) is 0 Å². The molecule has 0 bridgehead atoms. The van der Waals surface area contributed by atoms with E-state index in [0.717, 1.165) is 16.7 Å². The molecule has 4 rings (SSSR count). The predicted molar refractivity (Wildman–Crippen MR) is 98.7 cm³/mol. The summed E-state index contributed by atoms with van der Waals surface area (Å²) in [5.74, 6) is -0.474. The molecule has 0 spiro atoms. The van der Waals surface area contributed by atoms with E-state index in [9.17, 15) is 9.18 Å². The summed E-state index contributed by atoms with van der Waals surface area (Å²) in [5, 5.41) is 0.0448. The van der Waals surface area contributed by atoms with E-state index in [1.54, 1.807) is 42.3 Å². The molecule has 1 aromatic carbocycles. The van der Waals surface area contributed by atoms with Gasteiger partial charge in [-0.2, -0.15) is 0 Å². The maximum Gasteiger partial charge on any atom is 0.330 e. The minimum atomic E-state index is -0.474. The van der Waals surface area contributed by atoms with Gasteiger partial charge < -0.3 is 0 Å². The largest absolute Gasteiger partial charge is 0.330 e. The Kier molecular flexibility index (Phi) is 4.05. The average molecular weight is 369 g/mol. The fraction of sp³-hybridized carbons (Fsp3) is 0.105. The fourth-order valence-electron chi connectivity index (χ4n) is 2.94. The number of aromatic nitrogens is 4. The van der Waals surface area contributed by atoms with E-state index in [4.69, 9.17) is 11.6 Å². The van der Waals surface area contributed by atoms with Crippen LogP contribution < -0.4 is 5.69 Å². The minimum Gasteiger partial charge on any atom is -0.286 e. The van der Waals surface area contributed by atoms with Crippen molar-refractivity contribution >= 4 is 22.8 Å². The quantitative estimate of drug-likeness (QED) is 0.554. The minimum absolute atomic E-state index is 0.0448. The van der Waals surface area contributed by atoms with Crippen molar-refractivity contribution < 1.29 is 4.39 Å². The number of imidazole rings is 1. The third kappa shape index (κ3) is 2.78. The molecule has 0 saturated heterocycles. The van der Waals surface area contributed by atoms with E-state index in [-0.39, 0.29) is 10.7 Å². The highest BCUT2D eigenvalue weighted by molar-refractivity contribution is 6.31. The van der Waals surface area contributed by atoms with E-state index >= 15 is 0 Å². The van der Waals surface area contributed by atoms with Gasteiger partial charge in [-0.05, 0) is 35.4 Å². The molecule has 0 radical (unpaired) electrons. The Morgan fingerprint density at radius 2 is 2.00 bits per heavy atom. The van der Waals surface area contributed by atoms with Crippen LogP contribution >= 0.6 is 11.6 Å². The molecule has 0 aliphatic carbocycles. The van der Waals surface area contributed by atoms with Crippen LogP contribution in [0.1, 0.15) is 5.56 Å². The first kappa shape index (κ1) is 16.5. The molecule has 0 unspecified atom stereocenters. The van der Waals surface area contributed by atoms with E-state index < -0.39 is 5.82 Å². The van der Waals surface area contributed by atoms with Crippen molar-refractivity contribution in [1.29, 1.82) is 0 Å². The van der Waals surface area contributed by atoms with E-state index in [0.29, 0.717) is 17.7 Å². The van der Waals surface area contributed by atoms with Gasteiger partial charge in [0.15, 0.2) is 5.65 Å². The van der Waals surface area contributed by atoms with Gasteiger partial charge in [-0.1, -0.05) is 23.7 Å². The monoisotopic (exact) mass is 368 g/mol. The van der Waals surface area contributed by atoms with Gasteiger partial charge in [-0.3, -0.25) is 14.1 Å². The van der Waals surface area contributed by atoms with Crippen molar-refractivity contribution in [3.8, 4) is 11.1 Å². The number of aryl methyl sites for hydroxylation is 1. The molecule has 7 heteroatoms. The first-order valence-electron chi connectivity index (χ1n) is 7.94. The molecule has 0 N–H and O–H groups in total. The maximum absolute atomic E-state index is 13.4. The van der Waals surface area contributed by atoms with Crippen LogP contribution in [0.4, 0.5) is 4.39 Å². The highest BCUT2D eigenvalue weighted by Gasteiger charge is 2.14. The van der Waals surface area contributed by atoms with Gasteiger partial charge in [-0.25, -0.2) is 14.2 Å². The zero-order valence-electron chi connectivity index (χ0n) is 13.9. The van der Waals surface area contributed by atoms with Crippen LogP contribution in [0.15, 0.2) is 59.8 Å². The standard InChI is InChI=1S/C19H14ClFN4O/c1-24-18-17(25(19(24)26)11-12-3-2-6-22-9-12)8-14(10-23-18)13-4-5-16(21)15(20)7-13/h2-10H,11H2,1H3. The van der Waals surface area contributed by atoms with Crippen LogP contribution in [0.25, 0.3) is 22.3 Å². The first-order chi connectivity index (χ1) is 12.5. The summed E-state index contributed by atoms with van der Waals surface area (Å²) in [4.78, 5) is 21.1. The molecule has 3 aromatic heterocycles. The second-order valence-corrected chi connectivity index (χ2v) is 6.39. The summed E-state index contributed by atoms with van der Waals surface area (Å²) in [6.45, 7) is 0.388. The molecular weight excluding hydrogens is 355 g/mol. The lowest BCUT2D eigenvalue weighted by atomic mass is 10.1. The first-order valence-corrected chi connectivity index (χ1v) is 8.32. The Balaban J connectivity index is 1.88. The van der Waals surface area contributed by atoms with Gasteiger partial charge >= 0.3 is 5.69 Å². The molecule has 0 amide bonds. The van der Waals surface area contributed by atoms with E-state index in [1.807, 2.05) is 18.2 Å². The van der Waals surface area contributed by atoms with E-state index in [2.05, 4.69) is 9.97 Å². The Bertz CT molecular complexity index is 1170. The van der Waals surface area contributed by atoms with Crippen LogP contribution in [0, 0.1) is 5.82 Å². The van der Waals surface area contributed by atoms with Gasteiger partial charge in [-0.15, -0.1) is 0 Å². The number of fused-ring (bicyclic) bond motifs is 1. The van der Waals surface area contributed by atoms with Gasteiger partial charge in [0.2, 0.25) is 0 Å². The van der Waals surface area contributed by atoms with E-state index in [1.165, 1.54) is 10.6 Å². The Hall–Kier alpha value is -2.99. The zero-order valence-corrected chi connectivity index (χ0v) is 14.6. The number of nitrogens with zero attached hydrogens (tertiary/aromatic N) is 4. The van der Waals surface area contributed by atoms with Crippen LogP contribution in [-0.4, -0.2) is 19.1 Å². The number of rotatable bonds is 3. The molecule has 0 saturated carbocycles. The van der Waals surface area contributed by atoms with Crippen LogP contribution in [-0.2, 0) is 13.6 Å². The summed E-state index contributed by atoms with van der Waals surface area (Å²) in [6.07, 6.45) is 5.06. The summed E-state index contributed by atoms with van der Waals surface area (Å²) >= 11 is 5.89. The molecule has 5 nitrogen and oxygen atoms in total. The summed E-state index contributed by atoms with van der Waals surface area (Å²) in [5.41, 5.74) is 3.51. The van der Waals surface area contributed by atoms with Crippen molar-refractivity contribution in [3.05, 3.63) is 81.9 Å². The lowest BCUT2D eigenvalue weighted by Crippen LogP contribution is -2.22. The van der Waals surface area contributed by atoms with Gasteiger partial charge in [0.25, 0.3) is 0 Å². The third-order valence-electron chi connectivity index (χ3n) is 4.29. The molecule has 3 heterocycles. The van der Waals surface area contributed by atoms with Crippen molar-refractivity contribution in [2.45, 2.75) is 6.54 Å². The lowest BCUT2D eigenvalue weighted by molar-refractivity contribution is 0.628. The zero-order chi connectivity index (χ0) is 18.3. The smallest absolute Gasteiger partial charge is 0.286 e. The Morgan fingerprint density at radius 1 is 1.15 bits per heavy atom. The summed E-state index contributed by atoms with van der Waals surface area (Å²) in [7, 11) is 1.69.